The third-order valence-electron chi connectivity index (χ3n) is 3.18. The Morgan fingerprint density at radius 1 is 1.28 bits per heavy atom. The minimum atomic E-state index is 0.221. The Hall–Kier alpha value is -1.28. The normalized spacial score (nSPS) is 11.6. The van der Waals surface area contributed by atoms with Gasteiger partial charge in [0, 0.05) is 17.6 Å². The molecular formula is C16H25NO. The molecule has 0 saturated carbocycles. The van der Waals surface area contributed by atoms with Crippen LogP contribution in [0.2, 0.25) is 0 Å². The van der Waals surface area contributed by atoms with E-state index in [4.69, 9.17) is 4.74 Å². The molecule has 0 amide bonds. The zero-order valence-electron chi connectivity index (χ0n) is 12.1. The maximum absolute atomic E-state index is 5.79. The average Bonchev–Trinajstić information content (AvgIpc) is 2.33. The highest BCUT2D eigenvalue weighted by molar-refractivity contribution is 5.55. The van der Waals surface area contributed by atoms with Crippen molar-refractivity contribution in [3.05, 3.63) is 36.4 Å². The van der Waals surface area contributed by atoms with Gasteiger partial charge < -0.3 is 9.64 Å². The largest absolute Gasteiger partial charge is 0.493 e. The number of hydrogen-bond donors (Lipinski definition) is 0. The summed E-state index contributed by atoms with van der Waals surface area (Å²) in [6, 6.07) is 8.00. The van der Waals surface area contributed by atoms with E-state index in [0.717, 1.165) is 30.9 Å². The number of rotatable bonds is 6. The van der Waals surface area contributed by atoms with Crippen LogP contribution in [0.3, 0.4) is 0 Å². The molecule has 1 aromatic carbocycles. The summed E-state index contributed by atoms with van der Waals surface area (Å²) < 4.78 is 5.79. The third kappa shape index (κ3) is 4.53. The molecule has 0 saturated heterocycles. The second-order valence-corrected chi connectivity index (χ2v) is 5.54. The van der Waals surface area contributed by atoms with Crippen molar-refractivity contribution in [1.82, 2.24) is 4.90 Å². The summed E-state index contributed by atoms with van der Waals surface area (Å²) in [5, 5.41) is 0. The standard InChI is InChI=1S/C16H25NO/c1-6-14-10-7-8-11-15(14)18-13-9-12-17(5)16(2,3)4/h6-8,10-11H,1,9,12-13H2,2-5H3. The molecule has 0 aromatic heterocycles. The van der Waals surface area contributed by atoms with Crippen molar-refractivity contribution < 1.29 is 4.74 Å². The lowest BCUT2D eigenvalue weighted by molar-refractivity contribution is 0.161. The first kappa shape index (κ1) is 14.8. The van der Waals surface area contributed by atoms with Crippen LogP contribution in [0.15, 0.2) is 30.8 Å². The molecule has 0 N–H and O–H groups in total. The van der Waals surface area contributed by atoms with E-state index in [1.807, 2.05) is 30.3 Å². The van der Waals surface area contributed by atoms with Crippen molar-refractivity contribution in [2.75, 3.05) is 20.2 Å². The molecule has 0 aliphatic rings. The maximum Gasteiger partial charge on any atom is 0.126 e. The van der Waals surface area contributed by atoms with Crippen molar-refractivity contribution in [2.24, 2.45) is 0 Å². The predicted octanol–water partition coefficient (Wildman–Crippen LogP) is 3.83. The minimum Gasteiger partial charge on any atom is -0.493 e. The van der Waals surface area contributed by atoms with E-state index >= 15 is 0 Å². The Morgan fingerprint density at radius 2 is 1.94 bits per heavy atom. The molecule has 0 atom stereocenters. The zero-order chi connectivity index (χ0) is 13.6. The molecular weight excluding hydrogens is 222 g/mol. The lowest BCUT2D eigenvalue weighted by Gasteiger charge is -2.31. The summed E-state index contributed by atoms with van der Waals surface area (Å²) in [6.07, 6.45) is 2.86. The monoisotopic (exact) mass is 247 g/mol. The van der Waals surface area contributed by atoms with Crippen molar-refractivity contribution in [1.29, 1.82) is 0 Å². The summed E-state index contributed by atoms with van der Waals surface area (Å²) in [5.41, 5.74) is 1.28. The Labute approximate surface area is 111 Å². The van der Waals surface area contributed by atoms with E-state index in [9.17, 15) is 0 Å². The Morgan fingerprint density at radius 3 is 2.56 bits per heavy atom. The summed E-state index contributed by atoms with van der Waals surface area (Å²) >= 11 is 0. The molecule has 2 nitrogen and oxygen atoms in total. The Kier molecular flexibility index (Phi) is 5.42. The summed E-state index contributed by atoms with van der Waals surface area (Å²) in [5.74, 6) is 0.922. The summed E-state index contributed by atoms with van der Waals surface area (Å²) in [6.45, 7) is 12.2. The SMILES string of the molecule is C=Cc1ccccc1OCCCN(C)C(C)(C)C. The molecule has 0 radical (unpaired) electrons. The summed E-state index contributed by atoms with van der Waals surface area (Å²) in [4.78, 5) is 2.34. The van der Waals surface area contributed by atoms with Gasteiger partial charge in [0.1, 0.15) is 5.75 Å². The average molecular weight is 247 g/mol. The molecule has 18 heavy (non-hydrogen) atoms. The molecule has 0 spiro atoms. The fourth-order valence-corrected chi connectivity index (χ4v) is 1.60. The van der Waals surface area contributed by atoms with Crippen LogP contribution in [-0.4, -0.2) is 30.6 Å². The van der Waals surface area contributed by atoms with Gasteiger partial charge in [0.05, 0.1) is 6.61 Å². The van der Waals surface area contributed by atoms with Crippen LogP contribution < -0.4 is 4.74 Å². The molecule has 0 aliphatic heterocycles. The van der Waals surface area contributed by atoms with E-state index < -0.39 is 0 Å². The molecule has 2 heteroatoms. The summed E-state index contributed by atoms with van der Waals surface area (Å²) in [7, 11) is 2.15. The molecule has 0 unspecified atom stereocenters. The first-order valence-electron chi connectivity index (χ1n) is 6.50. The van der Waals surface area contributed by atoms with Gasteiger partial charge in [-0.2, -0.15) is 0 Å². The topological polar surface area (TPSA) is 12.5 Å². The quantitative estimate of drug-likeness (QED) is 0.708. The van der Waals surface area contributed by atoms with Gasteiger partial charge in [-0.05, 0) is 40.3 Å². The molecule has 0 aliphatic carbocycles. The maximum atomic E-state index is 5.79. The fraction of sp³-hybridized carbons (Fsp3) is 0.500. The van der Waals surface area contributed by atoms with Gasteiger partial charge in [-0.1, -0.05) is 30.9 Å². The second-order valence-electron chi connectivity index (χ2n) is 5.54. The van der Waals surface area contributed by atoms with Gasteiger partial charge in [0.25, 0.3) is 0 Å². The highest BCUT2D eigenvalue weighted by Crippen LogP contribution is 2.19. The lowest BCUT2D eigenvalue weighted by atomic mass is 10.1. The van der Waals surface area contributed by atoms with E-state index in [1.165, 1.54) is 0 Å². The van der Waals surface area contributed by atoms with E-state index in [0.29, 0.717) is 0 Å². The van der Waals surface area contributed by atoms with Crippen LogP contribution in [0, 0.1) is 0 Å². The van der Waals surface area contributed by atoms with Gasteiger partial charge in [-0.25, -0.2) is 0 Å². The highest BCUT2D eigenvalue weighted by atomic mass is 16.5. The van der Waals surface area contributed by atoms with Crippen LogP contribution in [0.1, 0.15) is 32.8 Å². The first-order chi connectivity index (χ1) is 8.45. The molecule has 0 bridgehead atoms. The second kappa shape index (κ2) is 6.60. The minimum absolute atomic E-state index is 0.221. The first-order valence-corrected chi connectivity index (χ1v) is 6.50. The third-order valence-corrected chi connectivity index (χ3v) is 3.18. The van der Waals surface area contributed by atoms with Crippen LogP contribution in [0.25, 0.3) is 6.08 Å². The van der Waals surface area contributed by atoms with Crippen molar-refractivity contribution in [3.63, 3.8) is 0 Å². The number of benzene rings is 1. The van der Waals surface area contributed by atoms with Gasteiger partial charge >= 0.3 is 0 Å². The number of hydrogen-bond acceptors (Lipinski definition) is 2. The van der Waals surface area contributed by atoms with Crippen LogP contribution in [0.5, 0.6) is 5.75 Å². The fourth-order valence-electron chi connectivity index (χ4n) is 1.60. The molecule has 100 valence electrons. The highest BCUT2D eigenvalue weighted by Gasteiger charge is 2.15. The molecule has 0 heterocycles. The van der Waals surface area contributed by atoms with Crippen molar-refractivity contribution >= 4 is 6.08 Å². The zero-order valence-corrected chi connectivity index (χ0v) is 12.1. The predicted molar refractivity (Wildman–Crippen MR) is 79.0 cm³/mol. The van der Waals surface area contributed by atoms with Gasteiger partial charge in [0.2, 0.25) is 0 Å². The van der Waals surface area contributed by atoms with E-state index in [-0.39, 0.29) is 5.54 Å². The lowest BCUT2D eigenvalue weighted by Crippen LogP contribution is -2.39. The van der Waals surface area contributed by atoms with Gasteiger partial charge in [0.15, 0.2) is 0 Å². The van der Waals surface area contributed by atoms with Crippen molar-refractivity contribution in [3.8, 4) is 5.75 Å². The van der Waals surface area contributed by atoms with Crippen LogP contribution in [-0.2, 0) is 0 Å². The van der Waals surface area contributed by atoms with Gasteiger partial charge in [-0.15, -0.1) is 0 Å². The molecule has 0 fully saturated rings. The smallest absolute Gasteiger partial charge is 0.126 e. The molecule has 1 aromatic rings. The Bertz CT molecular complexity index is 379. The van der Waals surface area contributed by atoms with Crippen LogP contribution >= 0.6 is 0 Å². The van der Waals surface area contributed by atoms with Gasteiger partial charge in [-0.3, -0.25) is 0 Å². The van der Waals surface area contributed by atoms with Crippen molar-refractivity contribution in [2.45, 2.75) is 32.7 Å². The number of ether oxygens (including phenoxy) is 1. The molecule has 1 rings (SSSR count). The van der Waals surface area contributed by atoms with E-state index in [1.54, 1.807) is 0 Å². The number of nitrogens with zero attached hydrogens (tertiary/aromatic N) is 1. The Balaban J connectivity index is 2.36. The van der Waals surface area contributed by atoms with Crippen LogP contribution in [0.4, 0.5) is 0 Å². The van der Waals surface area contributed by atoms with E-state index in [2.05, 4.69) is 39.3 Å². The number of para-hydroxylation sites is 1.